The summed E-state index contributed by atoms with van der Waals surface area (Å²) >= 11 is 3.45. The van der Waals surface area contributed by atoms with Crippen molar-refractivity contribution >= 4 is 26.0 Å². The zero-order chi connectivity index (χ0) is 15.8. The van der Waals surface area contributed by atoms with Gasteiger partial charge in [-0.2, -0.15) is 17.5 Å². The maximum absolute atomic E-state index is 13.0. The summed E-state index contributed by atoms with van der Waals surface area (Å²) in [4.78, 5) is -0.487. The van der Waals surface area contributed by atoms with Crippen LogP contribution in [0.25, 0.3) is 0 Å². The first-order chi connectivity index (χ1) is 9.64. The van der Waals surface area contributed by atoms with Gasteiger partial charge in [0.2, 0.25) is 10.0 Å². The van der Waals surface area contributed by atoms with E-state index >= 15 is 0 Å². The third-order valence-electron chi connectivity index (χ3n) is 3.57. The van der Waals surface area contributed by atoms with Gasteiger partial charge in [-0.25, -0.2) is 8.42 Å². The maximum atomic E-state index is 13.0. The van der Waals surface area contributed by atoms with Crippen molar-refractivity contribution in [1.82, 2.24) is 4.31 Å². The van der Waals surface area contributed by atoms with E-state index in [1.54, 1.807) is 0 Å². The lowest BCUT2D eigenvalue weighted by molar-refractivity contribution is -0.139. The normalized spacial score (nSPS) is 25.0. The molecular formula is C13H15BrF3NO2S. The average molecular weight is 386 g/mol. The largest absolute Gasteiger partial charge is 0.417 e. The molecule has 1 aliphatic rings. The Kier molecular flexibility index (Phi) is 4.70. The first-order valence-corrected chi connectivity index (χ1v) is 8.80. The predicted molar refractivity (Wildman–Crippen MR) is 76.7 cm³/mol. The number of hydrogen-bond donors (Lipinski definition) is 0. The standard InChI is InChI=1S/C13H15BrF3NO2S/c1-9-8-18(7-6-11(9)14)21(19,20)12-5-3-2-4-10(12)13(15,16)17/h2-5,9,11H,6-8H2,1H3. The molecule has 0 radical (unpaired) electrons. The minimum absolute atomic E-state index is 0.0478. The number of nitrogens with zero attached hydrogens (tertiary/aromatic N) is 1. The lowest BCUT2D eigenvalue weighted by atomic mass is 10.0. The van der Waals surface area contributed by atoms with Crippen LogP contribution in [0.5, 0.6) is 0 Å². The van der Waals surface area contributed by atoms with Gasteiger partial charge in [0.05, 0.1) is 10.5 Å². The third-order valence-corrected chi connectivity index (χ3v) is 6.86. The van der Waals surface area contributed by atoms with Crippen LogP contribution in [0.2, 0.25) is 0 Å². The van der Waals surface area contributed by atoms with Gasteiger partial charge in [0.25, 0.3) is 0 Å². The van der Waals surface area contributed by atoms with Crippen LogP contribution in [0.1, 0.15) is 18.9 Å². The second-order valence-corrected chi connectivity index (χ2v) is 8.22. The molecule has 1 aromatic rings. The molecule has 2 unspecified atom stereocenters. The van der Waals surface area contributed by atoms with Crippen LogP contribution in [-0.4, -0.2) is 30.6 Å². The summed E-state index contributed by atoms with van der Waals surface area (Å²) in [6, 6.07) is 4.31. The van der Waals surface area contributed by atoms with Gasteiger partial charge in [-0.05, 0) is 24.5 Å². The van der Waals surface area contributed by atoms with Crippen molar-refractivity contribution in [2.45, 2.75) is 29.2 Å². The molecule has 0 bridgehead atoms. The molecule has 3 nitrogen and oxygen atoms in total. The van der Waals surface area contributed by atoms with E-state index in [-0.39, 0.29) is 23.8 Å². The molecule has 0 amide bonds. The molecule has 1 aromatic carbocycles. The Hall–Kier alpha value is -0.600. The molecule has 2 rings (SSSR count). The van der Waals surface area contributed by atoms with E-state index in [4.69, 9.17) is 0 Å². The summed E-state index contributed by atoms with van der Waals surface area (Å²) in [7, 11) is -4.14. The average Bonchev–Trinajstić information content (AvgIpc) is 2.41. The lowest BCUT2D eigenvalue weighted by Crippen LogP contribution is -2.43. The van der Waals surface area contributed by atoms with Crippen molar-refractivity contribution in [1.29, 1.82) is 0 Å². The zero-order valence-corrected chi connectivity index (χ0v) is 13.7. The van der Waals surface area contributed by atoms with Gasteiger partial charge in [-0.15, -0.1) is 0 Å². The predicted octanol–water partition coefficient (Wildman–Crippen LogP) is 3.50. The number of benzene rings is 1. The van der Waals surface area contributed by atoms with E-state index in [0.29, 0.717) is 6.42 Å². The van der Waals surface area contributed by atoms with Crippen LogP contribution >= 0.6 is 15.9 Å². The highest BCUT2D eigenvalue weighted by Crippen LogP contribution is 2.36. The molecule has 21 heavy (non-hydrogen) atoms. The minimum Gasteiger partial charge on any atom is -0.207 e. The quantitative estimate of drug-likeness (QED) is 0.730. The van der Waals surface area contributed by atoms with Gasteiger partial charge in [-0.3, -0.25) is 0 Å². The number of halogens is 4. The molecule has 0 N–H and O–H groups in total. The Morgan fingerprint density at radius 3 is 2.48 bits per heavy atom. The molecule has 1 aliphatic heterocycles. The summed E-state index contributed by atoms with van der Waals surface area (Å²) in [6.07, 6.45) is -4.11. The third kappa shape index (κ3) is 3.43. The summed E-state index contributed by atoms with van der Waals surface area (Å²) in [5, 5.41) is 0. The number of sulfonamides is 1. The molecule has 118 valence electrons. The minimum atomic E-state index is -4.69. The molecule has 0 aliphatic carbocycles. The van der Waals surface area contributed by atoms with E-state index in [9.17, 15) is 21.6 Å². The molecule has 1 heterocycles. The van der Waals surface area contributed by atoms with Crippen LogP contribution in [0.3, 0.4) is 0 Å². The van der Waals surface area contributed by atoms with Gasteiger partial charge in [0.15, 0.2) is 0 Å². The number of rotatable bonds is 2. The molecule has 8 heteroatoms. The van der Waals surface area contributed by atoms with E-state index in [2.05, 4.69) is 15.9 Å². The van der Waals surface area contributed by atoms with Crippen LogP contribution in [0.15, 0.2) is 29.2 Å². The Morgan fingerprint density at radius 1 is 1.29 bits per heavy atom. The van der Waals surface area contributed by atoms with E-state index in [1.165, 1.54) is 12.1 Å². The fourth-order valence-electron chi connectivity index (χ4n) is 2.36. The fraction of sp³-hybridized carbons (Fsp3) is 0.538. The highest BCUT2D eigenvalue weighted by Gasteiger charge is 2.40. The number of alkyl halides is 4. The van der Waals surface area contributed by atoms with Crippen LogP contribution in [0.4, 0.5) is 13.2 Å². The van der Waals surface area contributed by atoms with Gasteiger partial charge in [0, 0.05) is 17.9 Å². The highest BCUT2D eigenvalue weighted by atomic mass is 79.9. The Labute approximate surface area is 130 Å². The summed E-state index contributed by atoms with van der Waals surface area (Å²) in [5.41, 5.74) is -1.11. The second kappa shape index (κ2) is 5.89. The summed E-state index contributed by atoms with van der Waals surface area (Å²) < 4.78 is 65.2. The van der Waals surface area contributed by atoms with Crippen LogP contribution < -0.4 is 0 Å². The number of piperidine rings is 1. The van der Waals surface area contributed by atoms with Crippen LogP contribution in [0, 0.1) is 5.92 Å². The first-order valence-electron chi connectivity index (χ1n) is 6.44. The first kappa shape index (κ1) is 16.8. The summed E-state index contributed by atoms with van der Waals surface area (Å²) in [6.45, 7) is 2.30. The monoisotopic (exact) mass is 385 g/mol. The van der Waals surface area contributed by atoms with Crippen LogP contribution in [-0.2, 0) is 16.2 Å². The second-order valence-electron chi connectivity index (χ2n) is 5.14. The maximum Gasteiger partial charge on any atom is 0.417 e. The van der Waals surface area contributed by atoms with E-state index in [1.807, 2.05) is 6.92 Å². The molecular weight excluding hydrogens is 371 g/mol. The van der Waals surface area contributed by atoms with Crippen molar-refractivity contribution < 1.29 is 21.6 Å². The van der Waals surface area contributed by atoms with Gasteiger partial charge in [0.1, 0.15) is 0 Å². The van der Waals surface area contributed by atoms with Gasteiger partial charge >= 0.3 is 6.18 Å². The van der Waals surface area contributed by atoms with Crippen molar-refractivity contribution in [3.63, 3.8) is 0 Å². The van der Waals surface area contributed by atoms with Gasteiger partial charge < -0.3 is 0 Å². The Balaban J connectivity index is 2.42. The Morgan fingerprint density at radius 2 is 1.90 bits per heavy atom. The Bertz CT molecular complexity index is 618. The van der Waals surface area contributed by atoms with Crippen molar-refractivity contribution in [3.05, 3.63) is 29.8 Å². The molecule has 0 saturated carbocycles. The number of hydrogen-bond acceptors (Lipinski definition) is 2. The molecule has 1 fully saturated rings. The molecule has 1 saturated heterocycles. The smallest absolute Gasteiger partial charge is 0.207 e. The molecule has 2 atom stereocenters. The molecule has 0 aromatic heterocycles. The summed E-state index contributed by atoms with van der Waals surface area (Å²) in [5.74, 6) is 0.0478. The topological polar surface area (TPSA) is 37.4 Å². The lowest BCUT2D eigenvalue weighted by Gasteiger charge is -2.33. The molecule has 0 spiro atoms. The highest BCUT2D eigenvalue weighted by molar-refractivity contribution is 9.09. The zero-order valence-electron chi connectivity index (χ0n) is 11.3. The van der Waals surface area contributed by atoms with E-state index in [0.717, 1.165) is 16.4 Å². The van der Waals surface area contributed by atoms with Crippen molar-refractivity contribution in [2.24, 2.45) is 5.92 Å². The van der Waals surface area contributed by atoms with E-state index < -0.39 is 26.7 Å². The SMILES string of the molecule is CC1CN(S(=O)(=O)c2ccccc2C(F)(F)F)CCC1Br. The van der Waals surface area contributed by atoms with Crippen molar-refractivity contribution in [2.75, 3.05) is 13.1 Å². The van der Waals surface area contributed by atoms with Gasteiger partial charge in [-0.1, -0.05) is 35.0 Å². The fourth-order valence-corrected chi connectivity index (χ4v) is 4.50. The van der Waals surface area contributed by atoms with Crippen molar-refractivity contribution in [3.8, 4) is 0 Å².